The molecule has 0 saturated heterocycles. The Labute approximate surface area is 111 Å². The molecule has 0 unspecified atom stereocenters. The second-order valence-electron chi connectivity index (χ2n) is 3.17. The van der Waals surface area contributed by atoms with Crippen LogP contribution in [0.2, 0.25) is 0 Å². The van der Waals surface area contributed by atoms with Crippen molar-refractivity contribution in [3.63, 3.8) is 0 Å². The molecule has 0 bridgehead atoms. The molecule has 0 radical (unpaired) electrons. The molecule has 0 aromatic carbocycles. The number of hydrogen-bond acceptors (Lipinski definition) is 5. The van der Waals surface area contributed by atoms with E-state index in [2.05, 4.69) is 39.6 Å². The Morgan fingerprint density at radius 3 is 2.88 bits per heavy atom. The van der Waals surface area contributed by atoms with Gasteiger partial charge in [-0.1, -0.05) is 11.3 Å². The molecule has 1 aromatic rings. The summed E-state index contributed by atoms with van der Waals surface area (Å²) in [5, 5.41) is 8.31. The summed E-state index contributed by atoms with van der Waals surface area (Å²) in [7, 11) is 1.75. The number of anilines is 1. The van der Waals surface area contributed by atoms with Gasteiger partial charge in [-0.15, -0.1) is 0 Å². The molecule has 0 atom stereocenters. The van der Waals surface area contributed by atoms with Crippen LogP contribution in [0.5, 0.6) is 0 Å². The number of hydrogen-bond donors (Lipinski definition) is 2. The number of thiazole rings is 1. The van der Waals surface area contributed by atoms with Crippen molar-refractivity contribution in [2.24, 2.45) is 5.10 Å². The van der Waals surface area contributed by atoms with Crippen molar-refractivity contribution in [3.05, 3.63) is 11.1 Å². The molecular formula is C10H17N5S2. The second kappa shape index (κ2) is 7.18. The zero-order chi connectivity index (χ0) is 12.7. The maximum absolute atomic E-state index is 4.90. The molecule has 17 heavy (non-hydrogen) atoms. The van der Waals surface area contributed by atoms with E-state index in [9.17, 15) is 0 Å². The summed E-state index contributed by atoms with van der Waals surface area (Å²) in [5.74, 6) is 0. The Kier molecular flexibility index (Phi) is 5.85. The third-order valence-corrected chi connectivity index (χ3v) is 3.42. The fourth-order valence-corrected chi connectivity index (χ4v) is 2.15. The van der Waals surface area contributed by atoms with Gasteiger partial charge in [0.25, 0.3) is 0 Å². The molecule has 0 amide bonds. The number of nitrogens with one attached hydrogen (secondary N) is 2. The van der Waals surface area contributed by atoms with E-state index >= 15 is 0 Å². The lowest BCUT2D eigenvalue weighted by atomic mass is 10.6. The van der Waals surface area contributed by atoms with E-state index in [-0.39, 0.29) is 0 Å². The predicted molar refractivity (Wildman–Crippen MR) is 78.1 cm³/mol. The maximum atomic E-state index is 4.90. The highest BCUT2D eigenvalue weighted by Crippen LogP contribution is 2.20. The van der Waals surface area contributed by atoms with Crippen LogP contribution in [0.1, 0.15) is 18.7 Å². The molecular weight excluding hydrogens is 254 g/mol. The Morgan fingerprint density at radius 2 is 2.29 bits per heavy atom. The lowest BCUT2D eigenvalue weighted by molar-refractivity contribution is 0.860. The zero-order valence-electron chi connectivity index (χ0n) is 10.2. The maximum Gasteiger partial charge on any atom is 0.186 e. The van der Waals surface area contributed by atoms with E-state index in [0.29, 0.717) is 5.11 Å². The van der Waals surface area contributed by atoms with Crippen LogP contribution in [0.25, 0.3) is 0 Å². The Morgan fingerprint density at radius 1 is 1.59 bits per heavy atom. The summed E-state index contributed by atoms with van der Waals surface area (Å²) in [6.45, 7) is 6.16. The minimum atomic E-state index is 0.495. The fourth-order valence-electron chi connectivity index (χ4n) is 1.19. The molecule has 94 valence electrons. The number of rotatable bonds is 5. The van der Waals surface area contributed by atoms with Crippen LogP contribution in [0.4, 0.5) is 5.13 Å². The smallest absolute Gasteiger partial charge is 0.186 e. The number of hydrazone groups is 1. The summed E-state index contributed by atoms with van der Waals surface area (Å²) in [4.78, 5) is 7.55. The molecule has 7 heteroatoms. The van der Waals surface area contributed by atoms with Gasteiger partial charge >= 0.3 is 0 Å². The number of thiocarbonyl (C=S) groups is 1. The van der Waals surface area contributed by atoms with Crippen molar-refractivity contribution in [1.82, 2.24) is 15.7 Å². The van der Waals surface area contributed by atoms with Crippen LogP contribution in [0.3, 0.4) is 0 Å². The lowest BCUT2D eigenvalue weighted by Crippen LogP contribution is -2.28. The highest BCUT2D eigenvalue weighted by Gasteiger charge is 2.06. The molecule has 0 aliphatic carbocycles. The van der Waals surface area contributed by atoms with Crippen molar-refractivity contribution in [2.45, 2.75) is 13.8 Å². The summed E-state index contributed by atoms with van der Waals surface area (Å²) >= 11 is 6.51. The fraction of sp³-hybridized carbons (Fsp3) is 0.500. The van der Waals surface area contributed by atoms with Crippen molar-refractivity contribution >= 4 is 40.0 Å². The molecule has 2 N–H and O–H groups in total. The lowest BCUT2D eigenvalue weighted by Gasteiger charge is -2.16. The summed E-state index contributed by atoms with van der Waals surface area (Å²) < 4.78 is 0. The van der Waals surface area contributed by atoms with Gasteiger partial charge in [-0.05, 0) is 26.1 Å². The van der Waals surface area contributed by atoms with E-state index in [1.54, 1.807) is 24.6 Å². The molecule has 1 heterocycles. The highest BCUT2D eigenvalue weighted by atomic mass is 32.1. The van der Waals surface area contributed by atoms with Gasteiger partial charge in [0.2, 0.25) is 0 Å². The van der Waals surface area contributed by atoms with Gasteiger partial charge in [0.15, 0.2) is 10.2 Å². The number of aromatic nitrogens is 1. The molecule has 0 saturated carbocycles. The van der Waals surface area contributed by atoms with Gasteiger partial charge in [-0.3, -0.25) is 5.43 Å². The van der Waals surface area contributed by atoms with Crippen LogP contribution in [-0.4, -0.2) is 36.4 Å². The Balaban J connectivity index is 2.59. The van der Waals surface area contributed by atoms with Gasteiger partial charge in [-0.25, -0.2) is 4.98 Å². The second-order valence-corrected chi connectivity index (χ2v) is 4.62. The minimum Gasteiger partial charge on any atom is -0.364 e. The molecule has 5 nitrogen and oxygen atoms in total. The minimum absolute atomic E-state index is 0.495. The normalized spacial score (nSPS) is 10.5. The van der Waals surface area contributed by atoms with Crippen LogP contribution in [0, 0.1) is 0 Å². The quantitative estimate of drug-likeness (QED) is 0.482. The monoisotopic (exact) mass is 271 g/mol. The van der Waals surface area contributed by atoms with E-state index in [0.717, 1.165) is 23.1 Å². The van der Waals surface area contributed by atoms with Gasteiger partial charge in [-0.2, -0.15) is 5.10 Å². The van der Waals surface area contributed by atoms with Crippen molar-refractivity contribution < 1.29 is 0 Å². The molecule has 0 aliphatic heterocycles. The van der Waals surface area contributed by atoms with E-state index < -0.39 is 0 Å². The first-order valence-electron chi connectivity index (χ1n) is 5.42. The van der Waals surface area contributed by atoms with Crippen LogP contribution >= 0.6 is 23.6 Å². The van der Waals surface area contributed by atoms with Gasteiger partial charge in [0.1, 0.15) is 0 Å². The van der Waals surface area contributed by atoms with E-state index in [1.807, 2.05) is 6.20 Å². The third-order valence-electron chi connectivity index (χ3n) is 2.13. The first-order valence-corrected chi connectivity index (χ1v) is 6.65. The standard InChI is InChI=1S/C10H17N5S2/c1-4-15(5-2)10-12-6-8(17-10)7-13-14-9(16)11-3/h6-7H,4-5H2,1-3H3,(H2,11,14,16)/b13-7+. The highest BCUT2D eigenvalue weighted by molar-refractivity contribution is 7.80. The van der Waals surface area contributed by atoms with E-state index in [4.69, 9.17) is 12.2 Å². The molecule has 1 aromatic heterocycles. The van der Waals surface area contributed by atoms with Crippen LogP contribution in [0.15, 0.2) is 11.3 Å². The molecule has 0 spiro atoms. The van der Waals surface area contributed by atoms with Crippen LogP contribution < -0.4 is 15.6 Å². The summed E-state index contributed by atoms with van der Waals surface area (Å²) in [5.41, 5.74) is 2.70. The third kappa shape index (κ3) is 4.27. The van der Waals surface area contributed by atoms with Crippen LogP contribution in [-0.2, 0) is 0 Å². The number of nitrogens with zero attached hydrogens (tertiary/aromatic N) is 3. The predicted octanol–water partition coefficient (Wildman–Crippen LogP) is 1.42. The Hall–Kier alpha value is -1.21. The van der Waals surface area contributed by atoms with Crippen molar-refractivity contribution in [3.8, 4) is 0 Å². The molecule has 0 fully saturated rings. The largest absolute Gasteiger partial charge is 0.364 e. The van der Waals surface area contributed by atoms with Crippen molar-refractivity contribution in [2.75, 3.05) is 25.0 Å². The average Bonchev–Trinajstić information content (AvgIpc) is 2.79. The van der Waals surface area contributed by atoms with Gasteiger partial charge in [0.05, 0.1) is 11.1 Å². The summed E-state index contributed by atoms with van der Waals surface area (Å²) in [6, 6.07) is 0. The molecule has 0 aliphatic rings. The van der Waals surface area contributed by atoms with E-state index in [1.165, 1.54) is 0 Å². The molecule has 1 rings (SSSR count). The Bertz CT molecular complexity index is 384. The van der Waals surface area contributed by atoms with Gasteiger partial charge < -0.3 is 10.2 Å². The zero-order valence-corrected chi connectivity index (χ0v) is 11.9. The average molecular weight is 271 g/mol. The van der Waals surface area contributed by atoms with Gasteiger partial charge in [0, 0.05) is 26.3 Å². The topological polar surface area (TPSA) is 52.6 Å². The van der Waals surface area contributed by atoms with Crippen molar-refractivity contribution in [1.29, 1.82) is 0 Å². The first kappa shape index (κ1) is 13.9. The summed E-state index contributed by atoms with van der Waals surface area (Å²) in [6.07, 6.45) is 3.53. The first-order chi connectivity index (χ1) is 8.21. The SMILES string of the molecule is CCN(CC)c1ncc(/C=N/NC(=S)NC)s1.